The molecule has 0 saturated carbocycles. The number of amides is 1. The summed E-state index contributed by atoms with van der Waals surface area (Å²) in [6, 6.07) is 7.58. The highest BCUT2D eigenvalue weighted by molar-refractivity contribution is 7.20. The summed E-state index contributed by atoms with van der Waals surface area (Å²) in [5.41, 5.74) is 2.05. The van der Waals surface area contributed by atoms with Crippen LogP contribution in [0.1, 0.15) is 37.5 Å². The second-order valence-corrected chi connectivity index (χ2v) is 7.40. The molecule has 0 aliphatic heterocycles. The van der Waals surface area contributed by atoms with Crippen LogP contribution in [-0.4, -0.2) is 23.5 Å². The van der Waals surface area contributed by atoms with Crippen LogP contribution in [0.2, 0.25) is 0 Å². The van der Waals surface area contributed by atoms with E-state index in [1.807, 2.05) is 38.1 Å². The van der Waals surface area contributed by atoms with Crippen molar-refractivity contribution in [2.75, 3.05) is 11.9 Å². The molecule has 1 N–H and O–H groups in total. The normalized spacial score (nSPS) is 10.8. The number of hydrogen-bond acceptors (Lipinski definition) is 6. The number of carbonyl (C=O) groups excluding carboxylic acids is 2. The molecule has 2 aromatic heterocycles. The lowest BCUT2D eigenvalue weighted by Crippen LogP contribution is -2.14. The van der Waals surface area contributed by atoms with E-state index in [-0.39, 0.29) is 5.91 Å². The van der Waals surface area contributed by atoms with Crippen LogP contribution >= 0.6 is 22.7 Å². The molecule has 124 valence electrons. The minimum Gasteiger partial charge on any atom is -0.462 e. The number of esters is 1. The number of thiophene rings is 1. The SMILES string of the molecule is CCOC(=O)c1c(NC(=O)c2nc3ccccc3s2)sc(C)c1C. The van der Waals surface area contributed by atoms with Gasteiger partial charge in [0, 0.05) is 4.88 Å². The first-order chi connectivity index (χ1) is 11.5. The van der Waals surface area contributed by atoms with Crippen molar-refractivity contribution in [2.24, 2.45) is 0 Å². The van der Waals surface area contributed by atoms with E-state index in [0.717, 1.165) is 20.7 Å². The van der Waals surface area contributed by atoms with Crippen molar-refractivity contribution in [3.8, 4) is 0 Å². The van der Waals surface area contributed by atoms with Gasteiger partial charge in [0.15, 0.2) is 5.01 Å². The molecule has 0 aliphatic rings. The van der Waals surface area contributed by atoms with Gasteiger partial charge in [0.25, 0.3) is 5.91 Å². The van der Waals surface area contributed by atoms with Crippen molar-refractivity contribution < 1.29 is 14.3 Å². The summed E-state index contributed by atoms with van der Waals surface area (Å²) in [5.74, 6) is -0.734. The van der Waals surface area contributed by atoms with Gasteiger partial charge in [0.05, 0.1) is 22.4 Å². The fourth-order valence-corrected chi connectivity index (χ4v) is 4.19. The van der Waals surface area contributed by atoms with Crippen molar-refractivity contribution in [2.45, 2.75) is 20.8 Å². The van der Waals surface area contributed by atoms with Crippen molar-refractivity contribution >= 4 is 49.8 Å². The smallest absolute Gasteiger partial charge is 0.341 e. The van der Waals surface area contributed by atoms with Crippen LogP contribution in [0.5, 0.6) is 0 Å². The third-order valence-electron chi connectivity index (χ3n) is 3.58. The monoisotopic (exact) mass is 360 g/mol. The number of aromatic nitrogens is 1. The number of benzene rings is 1. The second-order valence-electron chi connectivity index (χ2n) is 5.15. The van der Waals surface area contributed by atoms with Gasteiger partial charge in [0.2, 0.25) is 0 Å². The molecule has 1 aromatic carbocycles. The van der Waals surface area contributed by atoms with Gasteiger partial charge in [0.1, 0.15) is 5.00 Å². The highest BCUT2D eigenvalue weighted by Gasteiger charge is 2.23. The molecular formula is C17H16N2O3S2. The number of hydrogen-bond donors (Lipinski definition) is 1. The number of nitrogens with one attached hydrogen (secondary N) is 1. The van der Waals surface area contributed by atoms with Gasteiger partial charge in [-0.1, -0.05) is 12.1 Å². The van der Waals surface area contributed by atoms with Crippen LogP contribution in [0.3, 0.4) is 0 Å². The Morgan fingerprint density at radius 1 is 1.21 bits per heavy atom. The van der Waals surface area contributed by atoms with Crippen LogP contribution in [0.4, 0.5) is 5.00 Å². The van der Waals surface area contributed by atoms with Crippen LogP contribution in [-0.2, 0) is 4.74 Å². The minimum atomic E-state index is -0.418. The van der Waals surface area contributed by atoms with Gasteiger partial charge >= 0.3 is 5.97 Å². The Bertz CT molecular complexity index is 894. The zero-order valence-electron chi connectivity index (χ0n) is 13.5. The molecule has 5 nitrogen and oxygen atoms in total. The highest BCUT2D eigenvalue weighted by atomic mass is 32.1. The molecule has 0 unspecified atom stereocenters. The summed E-state index contributed by atoms with van der Waals surface area (Å²) in [6.45, 7) is 5.81. The Hall–Kier alpha value is -2.25. The van der Waals surface area contributed by atoms with E-state index in [2.05, 4.69) is 10.3 Å². The molecule has 3 aromatic rings. The summed E-state index contributed by atoms with van der Waals surface area (Å²) in [4.78, 5) is 30.0. The topological polar surface area (TPSA) is 68.3 Å². The van der Waals surface area contributed by atoms with Crippen LogP contribution in [0, 0.1) is 13.8 Å². The molecule has 3 rings (SSSR count). The standard InChI is InChI=1S/C17H16N2O3S2/c1-4-22-17(21)13-9(2)10(3)23-15(13)19-14(20)16-18-11-7-5-6-8-12(11)24-16/h5-8H,4H2,1-3H3,(H,19,20). The Kier molecular flexibility index (Phi) is 4.64. The largest absolute Gasteiger partial charge is 0.462 e. The van der Waals surface area contributed by atoms with Crippen molar-refractivity contribution in [3.63, 3.8) is 0 Å². The van der Waals surface area contributed by atoms with Gasteiger partial charge in [-0.2, -0.15) is 0 Å². The molecule has 0 atom stereocenters. The van der Waals surface area contributed by atoms with E-state index >= 15 is 0 Å². The molecule has 0 spiro atoms. The molecule has 0 saturated heterocycles. The number of fused-ring (bicyclic) bond motifs is 1. The molecule has 1 amide bonds. The Morgan fingerprint density at radius 3 is 2.67 bits per heavy atom. The maximum Gasteiger partial charge on any atom is 0.341 e. The van der Waals surface area contributed by atoms with Gasteiger partial charge in [-0.05, 0) is 38.5 Å². The summed E-state index contributed by atoms with van der Waals surface area (Å²) < 4.78 is 6.05. The van der Waals surface area contributed by atoms with Gasteiger partial charge < -0.3 is 10.1 Å². The predicted molar refractivity (Wildman–Crippen MR) is 97.3 cm³/mol. The molecule has 2 heterocycles. The number of rotatable bonds is 4. The van der Waals surface area contributed by atoms with E-state index in [9.17, 15) is 9.59 Å². The molecular weight excluding hydrogens is 344 g/mol. The summed E-state index contributed by atoms with van der Waals surface area (Å²) in [6.07, 6.45) is 0. The summed E-state index contributed by atoms with van der Waals surface area (Å²) >= 11 is 2.69. The number of ether oxygens (including phenoxy) is 1. The number of para-hydroxylation sites is 1. The molecule has 0 aliphatic carbocycles. The molecule has 0 fully saturated rings. The predicted octanol–water partition coefficient (Wildman–Crippen LogP) is 4.40. The maximum atomic E-state index is 12.5. The summed E-state index contributed by atoms with van der Waals surface area (Å²) in [7, 11) is 0. The van der Waals surface area contributed by atoms with Crippen molar-refractivity contribution in [1.82, 2.24) is 4.98 Å². The van der Waals surface area contributed by atoms with Crippen molar-refractivity contribution in [1.29, 1.82) is 0 Å². The summed E-state index contributed by atoms with van der Waals surface area (Å²) in [5, 5.41) is 3.69. The lowest BCUT2D eigenvalue weighted by molar-refractivity contribution is 0.0527. The average Bonchev–Trinajstić information content (AvgIpc) is 3.09. The number of nitrogens with zero attached hydrogens (tertiary/aromatic N) is 1. The quantitative estimate of drug-likeness (QED) is 0.700. The van der Waals surface area contributed by atoms with Gasteiger partial charge in [-0.3, -0.25) is 4.79 Å². The van der Waals surface area contributed by atoms with Crippen LogP contribution in [0.25, 0.3) is 10.2 Å². The van der Waals surface area contributed by atoms with E-state index < -0.39 is 5.97 Å². The van der Waals surface area contributed by atoms with Crippen LogP contribution in [0.15, 0.2) is 24.3 Å². The zero-order valence-corrected chi connectivity index (χ0v) is 15.1. The third-order valence-corrected chi connectivity index (χ3v) is 5.74. The fourth-order valence-electron chi connectivity index (χ4n) is 2.29. The highest BCUT2D eigenvalue weighted by Crippen LogP contribution is 2.33. The van der Waals surface area contributed by atoms with Crippen LogP contribution < -0.4 is 5.32 Å². The Balaban J connectivity index is 1.91. The zero-order chi connectivity index (χ0) is 17.3. The Labute approximate surface area is 147 Å². The van der Waals surface area contributed by atoms with E-state index in [1.165, 1.54) is 22.7 Å². The first kappa shape index (κ1) is 16.6. The van der Waals surface area contributed by atoms with Crippen molar-refractivity contribution in [3.05, 3.63) is 45.3 Å². The average molecular weight is 360 g/mol. The number of thiazole rings is 1. The van der Waals surface area contributed by atoms with E-state index in [0.29, 0.717) is 22.2 Å². The maximum absolute atomic E-state index is 12.5. The molecule has 24 heavy (non-hydrogen) atoms. The fraction of sp³-hybridized carbons (Fsp3) is 0.235. The number of aryl methyl sites for hydroxylation is 1. The number of carbonyl (C=O) groups is 2. The first-order valence-corrected chi connectivity index (χ1v) is 9.08. The van der Waals surface area contributed by atoms with Gasteiger partial charge in [-0.25, -0.2) is 9.78 Å². The van der Waals surface area contributed by atoms with Gasteiger partial charge in [-0.15, -0.1) is 22.7 Å². The van der Waals surface area contributed by atoms with E-state index in [1.54, 1.807) is 6.92 Å². The molecule has 0 radical (unpaired) electrons. The Morgan fingerprint density at radius 2 is 1.96 bits per heavy atom. The lowest BCUT2D eigenvalue weighted by atomic mass is 10.1. The number of anilines is 1. The molecule has 7 heteroatoms. The minimum absolute atomic E-state index is 0.290. The lowest BCUT2D eigenvalue weighted by Gasteiger charge is -2.05. The second kappa shape index (κ2) is 6.70. The van der Waals surface area contributed by atoms with E-state index in [4.69, 9.17) is 4.74 Å². The first-order valence-electron chi connectivity index (χ1n) is 7.45. The molecule has 0 bridgehead atoms. The third kappa shape index (κ3) is 3.05.